The fourth-order valence-corrected chi connectivity index (χ4v) is 2.94. The van der Waals surface area contributed by atoms with Gasteiger partial charge in [0.25, 0.3) is 0 Å². The van der Waals surface area contributed by atoms with Gasteiger partial charge in [-0.2, -0.15) is 0 Å². The lowest BCUT2D eigenvalue weighted by atomic mass is 9.85. The summed E-state index contributed by atoms with van der Waals surface area (Å²) >= 11 is 0. The zero-order chi connectivity index (χ0) is 14.3. The third-order valence-electron chi connectivity index (χ3n) is 3.87. The van der Waals surface area contributed by atoms with E-state index in [2.05, 4.69) is 60.7 Å². The molecular weight excluding hydrogens is 218 g/mol. The van der Waals surface area contributed by atoms with Crippen LogP contribution >= 0.6 is 0 Å². The fraction of sp³-hybridized carbons (Fsp3) is 1.00. The third kappa shape index (κ3) is 8.13. The van der Waals surface area contributed by atoms with Crippen molar-refractivity contribution in [1.82, 2.24) is 5.32 Å². The number of hydrogen-bond acceptors (Lipinski definition) is 1. The van der Waals surface area contributed by atoms with Gasteiger partial charge >= 0.3 is 0 Å². The topological polar surface area (TPSA) is 12.0 Å². The lowest BCUT2D eigenvalue weighted by Gasteiger charge is -2.29. The first-order chi connectivity index (χ1) is 8.23. The molecule has 0 aliphatic carbocycles. The predicted molar refractivity (Wildman–Crippen MR) is 83.9 cm³/mol. The molecule has 0 fully saturated rings. The van der Waals surface area contributed by atoms with E-state index < -0.39 is 0 Å². The molecule has 1 N–H and O–H groups in total. The zero-order valence-corrected chi connectivity index (χ0v) is 14.1. The van der Waals surface area contributed by atoms with Crippen LogP contribution in [-0.2, 0) is 0 Å². The van der Waals surface area contributed by atoms with Crippen LogP contribution in [0.4, 0.5) is 0 Å². The molecule has 18 heavy (non-hydrogen) atoms. The molecule has 110 valence electrons. The van der Waals surface area contributed by atoms with Crippen LogP contribution in [0.25, 0.3) is 0 Å². The van der Waals surface area contributed by atoms with Gasteiger partial charge in [0.2, 0.25) is 0 Å². The zero-order valence-electron chi connectivity index (χ0n) is 14.1. The molecule has 0 aromatic heterocycles. The van der Waals surface area contributed by atoms with Crippen LogP contribution in [0.5, 0.6) is 0 Å². The highest BCUT2D eigenvalue weighted by molar-refractivity contribution is 4.75. The minimum atomic E-state index is 0.699. The standard InChI is InChI=1S/C17H37N/c1-12(2)9-16(10-13(3)4)18-11-17(14(5)6)15(7)8/h12-18H,9-11H2,1-8H3. The van der Waals surface area contributed by atoms with Crippen LogP contribution in [0.2, 0.25) is 0 Å². The highest BCUT2D eigenvalue weighted by atomic mass is 14.9. The van der Waals surface area contributed by atoms with E-state index >= 15 is 0 Å². The summed E-state index contributed by atoms with van der Waals surface area (Å²) in [6.07, 6.45) is 2.61. The maximum absolute atomic E-state index is 3.85. The van der Waals surface area contributed by atoms with Crippen molar-refractivity contribution < 1.29 is 0 Å². The van der Waals surface area contributed by atoms with Crippen molar-refractivity contribution in [2.75, 3.05) is 6.54 Å². The van der Waals surface area contributed by atoms with Gasteiger partial charge in [-0.3, -0.25) is 0 Å². The molecule has 0 amide bonds. The van der Waals surface area contributed by atoms with Crippen LogP contribution in [0, 0.1) is 29.6 Å². The Kier molecular flexibility index (Phi) is 8.94. The molecule has 0 rings (SSSR count). The van der Waals surface area contributed by atoms with E-state index in [0.29, 0.717) is 6.04 Å². The summed E-state index contributed by atoms with van der Waals surface area (Å²) < 4.78 is 0. The lowest BCUT2D eigenvalue weighted by Crippen LogP contribution is -2.38. The molecular formula is C17H37N. The summed E-state index contributed by atoms with van der Waals surface area (Å²) in [7, 11) is 0. The molecule has 1 nitrogen and oxygen atoms in total. The second-order valence-corrected chi connectivity index (χ2v) is 7.52. The Labute approximate surface area is 116 Å². The maximum Gasteiger partial charge on any atom is 0.00720 e. The van der Waals surface area contributed by atoms with E-state index in [0.717, 1.165) is 29.6 Å². The summed E-state index contributed by atoms with van der Waals surface area (Å²) in [6, 6.07) is 0.699. The highest BCUT2D eigenvalue weighted by Gasteiger charge is 2.20. The van der Waals surface area contributed by atoms with Crippen molar-refractivity contribution in [3.8, 4) is 0 Å². The van der Waals surface area contributed by atoms with Gasteiger partial charge < -0.3 is 5.32 Å². The van der Waals surface area contributed by atoms with Gasteiger partial charge in [-0.05, 0) is 49.0 Å². The summed E-state index contributed by atoms with van der Waals surface area (Å²) in [5, 5.41) is 3.85. The molecule has 0 saturated carbocycles. The normalized spacial score (nSPS) is 13.0. The smallest absolute Gasteiger partial charge is 0.00720 e. The molecule has 1 heteroatoms. The SMILES string of the molecule is CC(C)CC(CC(C)C)NCC(C(C)C)C(C)C. The monoisotopic (exact) mass is 255 g/mol. The Bertz CT molecular complexity index is 176. The maximum atomic E-state index is 3.85. The van der Waals surface area contributed by atoms with E-state index in [1.807, 2.05) is 0 Å². The first kappa shape index (κ1) is 18.0. The number of rotatable bonds is 9. The lowest BCUT2D eigenvalue weighted by molar-refractivity contribution is 0.249. The Morgan fingerprint density at radius 1 is 0.667 bits per heavy atom. The second-order valence-electron chi connectivity index (χ2n) is 7.52. The molecule has 0 aliphatic rings. The van der Waals surface area contributed by atoms with Crippen LogP contribution in [-0.4, -0.2) is 12.6 Å². The summed E-state index contributed by atoms with van der Waals surface area (Å²) in [5.74, 6) is 3.93. The summed E-state index contributed by atoms with van der Waals surface area (Å²) in [5.41, 5.74) is 0. The van der Waals surface area contributed by atoms with Crippen molar-refractivity contribution in [2.24, 2.45) is 29.6 Å². The van der Waals surface area contributed by atoms with Gasteiger partial charge in [0.15, 0.2) is 0 Å². The molecule has 0 aromatic carbocycles. The molecule has 0 heterocycles. The minimum absolute atomic E-state index is 0.699. The van der Waals surface area contributed by atoms with Crippen molar-refractivity contribution in [3.05, 3.63) is 0 Å². The van der Waals surface area contributed by atoms with Crippen molar-refractivity contribution >= 4 is 0 Å². The van der Waals surface area contributed by atoms with Gasteiger partial charge in [-0.1, -0.05) is 55.4 Å². The van der Waals surface area contributed by atoms with Crippen molar-refractivity contribution in [3.63, 3.8) is 0 Å². The quantitative estimate of drug-likeness (QED) is 0.613. The second kappa shape index (κ2) is 8.96. The van der Waals surface area contributed by atoms with E-state index in [9.17, 15) is 0 Å². The molecule has 0 bridgehead atoms. The molecule has 0 spiro atoms. The van der Waals surface area contributed by atoms with Gasteiger partial charge in [0, 0.05) is 6.04 Å². The average Bonchev–Trinajstić information content (AvgIpc) is 2.13. The summed E-state index contributed by atoms with van der Waals surface area (Å²) in [4.78, 5) is 0. The van der Waals surface area contributed by atoms with Crippen molar-refractivity contribution in [1.29, 1.82) is 0 Å². The Balaban J connectivity index is 4.30. The van der Waals surface area contributed by atoms with Gasteiger partial charge in [-0.15, -0.1) is 0 Å². The first-order valence-electron chi connectivity index (χ1n) is 7.97. The van der Waals surface area contributed by atoms with E-state index in [4.69, 9.17) is 0 Å². The fourth-order valence-electron chi connectivity index (χ4n) is 2.94. The molecule has 0 saturated heterocycles. The number of nitrogens with one attached hydrogen (secondary N) is 1. The van der Waals surface area contributed by atoms with Gasteiger partial charge in [0.1, 0.15) is 0 Å². The van der Waals surface area contributed by atoms with Gasteiger partial charge in [-0.25, -0.2) is 0 Å². The van der Waals surface area contributed by atoms with E-state index in [-0.39, 0.29) is 0 Å². The molecule has 0 aliphatic heterocycles. The minimum Gasteiger partial charge on any atom is -0.314 e. The Morgan fingerprint density at radius 3 is 1.33 bits per heavy atom. The van der Waals surface area contributed by atoms with Crippen molar-refractivity contribution in [2.45, 2.75) is 74.3 Å². The Hall–Kier alpha value is -0.0400. The van der Waals surface area contributed by atoms with Crippen LogP contribution in [0.3, 0.4) is 0 Å². The van der Waals surface area contributed by atoms with Crippen LogP contribution in [0.15, 0.2) is 0 Å². The van der Waals surface area contributed by atoms with Gasteiger partial charge in [0.05, 0.1) is 0 Å². The predicted octanol–water partition coefficient (Wildman–Crippen LogP) is 4.97. The van der Waals surface area contributed by atoms with Crippen LogP contribution < -0.4 is 5.32 Å². The van der Waals surface area contributed by atoms with Crippen LogP contribution in [0.1, 0.15) is 68.2 Å². The highest BCUT2D eigenvalue weighted by Crippen LogP contribution is 2.21. The number of hydrogen-bond donors (Lipinski definition) is 1. The average molecular weight is 255 g/mol. The van der Waals surface area contributed by atoms with E-state index in [1.54, 1.807) is 0 Å². The first-order valence-corrected chi connectivity index (χ1v) is 7.97. The molecule has 0 radical (unpaired) electrons. The molecule has 0 aromatic rings. The Morgan fingerprint density at radius 2 is 1.06 bits per heavy atom. The third-order valence-corrected chi connectivity index (χ3v) is 3.87. The molecule has 0 unspecified atom stereocenters. The largest absolute Gasteiger partial charge is 0.314 e. The van der Waals surface area contributed by atoms with E-state index in [1.165, 1.54) is 19.4 Å². The summed E-state index contributed by atoms with van der Waals surface area (Å²) in [6.45, 7) is 19.9. The molecule has 0 atom stereocenters.